The van der Waals surface area contributed by atoms with Gasteiger partial charge < -0.3 is 24.4 Å². The Hall–Kier alpha value is -3.32. The van der Waals surface area contributed by atoms with Crippen LogP contribution in [0.1, 0.15) is 63.3 Å². The summed E-state index contributed by atoms with van der Waals surface area (Å²) in [5, 5.41) is 11.5. The summed E-state index contributed by atoms with van der Waals surface area (Å²) < 4.78 is 11.7. The monoisotopic (exact) mass is 506 g/mol. The van der Waals surface area contributed by atoms with E-state index in [2.05, 4.69) is 25.7 Å². The highest BCUT2D eigenvalue weighted by atomic mass is 16.5. The van der Waals surface area contributed by atoms with Gasteiger partial charge in [-0.3, -0.25) is 9.59 Å². The first-order valence-corrected chi connectivity index (χ1v) is 13.4. The summed E-state index contributed by atoms with van der Waals surface area (Å²) in [4.78, 5) is 30.5. The average molecular weight is 507 g/mol. The number of hydrogen-bond acceptors (Lipinski definition) is 6. The van der Waals surface area contributed by atoms with E-state index in [4.69, 9.17) is 9.47 Å². The molecule has 2 aromatic rings. The summed E-state index contributed by atoms with van der Waals surface area (Å²) in [5.41, 5.74) is 2.35. The lowest BCUT2D eigenvalue weighted by Crippen LogP contribution is -2.38. The van der Waals surface area contributed by atoms with Crippen molar-refractivity contribution >= 4 is 17.4 Å². The number of amides is 1. The van der Waals surface area contributed by atoms with Crippen LogP contribution in [0, 0.1) is 0 Å². The number of aliphatic hydroxyl groups is 1. The summed E-state index contributed by atoms with van der Waals surface area (Å²) >= 11 is 0. The molecule has 2 heterocycles. The molecular weight excluding hydrogens is 468 g/mol. The minimum absolute atomic E-state index is 0.0634. The van der Waals surface area contributed by atoms with Gasteiger partial charge in [-0.2, -0.15) is 0 Å². The van der Waals surface area contributed by atoms with Crippen LogP contribution in [-0.4, -0.2) is 65.5 Å². The largest absolute Gasteiger partial charge is 0.507 e. The van der Waals surface area contributed by atoms with Crippen molar-refractivity contribution in [3.63, 3.8) is 0 Å². The molecule has 0 saturated carbocycles. The smallest absolute Gasteiger partial charge is 0.295 e. The number of unbranched alkanes of at least 4 members (excludes halogenated alkanes) is 1. The predicted molar refractivity (Wildman–Crippen MR) is 144 cm³/mol. The Labute approximate surface area is 219 Å². The number of Topliss-reactive ketones (excluding diaryl/α,β-unsaturated/α-hetero) is 1. The van der Waals surface area contributed by atoms with E-state index in [0.29, 0.717) is 31.0 Å². The van der Waals surface area contributed by atoms with E-state index < -0.39 is 17.7 Å². The second-order valence-electron chi connectivity index (χ2n) is 9.75. The van der Waals surface area contributed by atoms with Gasteiger partial charge in [-0.25, -0.2) is 0 Å². The van der Waals surface area contributed by atoms with Gasteiger partial charge in [-0.05, 0) is 67.9 Å². The van der Waals surface area contributed by atoms with Crippen LogP contribution in [0.5, 0.6) is 11.5 Å². The molecule has 0 spiro atoms. The Morgan fingerprint density at radius 3 is 2.65 bits per heavy atom. The van der Waals surface area contributed by atoms with Gasteiger partial charge in [0.05, 0.1) is 18.2 Å². The summed E-state index contributed by atoms with van der Waals surface area (Å²) in [7, 11) is 0. The number of likely N-dealkylation sites (tertiary alicyclic amines) is 1. The predicted octanol–water partition coefficient (Wildman–Crippen LogP) is 4.95. The zero-order chi connectivity index (χ0) is 26.5. The third-order valence-corrected chi connectivity index (χ3v) is 7.20. The van der Waals surface area contributed by atoms with Gasteiger partial charge in [-0.15, -0.1) is 0 Å². The molecule has 37 heavy (non-hydrogen) atoms. The Morgan fingerprint density at radius 1 is 1.14 bits per heavy atom. The van der Waals surface area contributed by atoms with Crippen molar-refractivity contribution in [3.8, 4) is 11.5 Å². The molecule has 7 nitrogen and oxygen atoms in total. The molecule has 1 saturated heterocycles. The summed E-state index contributed by atoms with van der Waals surface area (Å²) in [5.74, 6) is 0.0630. The molecule has 0 aromatic heterocycles. The van der Waals surface area contributed by atoms with E-state index in [0.717, 1.165) is 49.2 Å². The normalized spacial score (nSPS) is 20.4. The number of fused-ring (bicyclic) bond motifs is 1. The van der Waals surface area contributed by atoms with E-state index >= 15 is 0 Å². The Morgan fingerprint density at radius 2 is 1.92 bits per heavy atom. The van der Waals surface area contributed by atoms with Gasteiger partial charge in [0.2, 0.25) is 0 Å². The van der Waals surface area contributed by atoms with Gasteiger partial charge in [0.15, 0.2) is 0 Å². The summed E-state index contributed by atoms with van der Waals surface area (Å²) in [6.45, 7) is 11.6. The lowest BCUT2D eigenvalue weighted by molar-refractivity contribution is -0.140. The number of rotatable bonds is 11. The van der Waals surface area contributed by atoms with Crippen molar-refractivity contribution in [3.05, 3.63) is 64.7 Å². The van der Waals surface area contributed by atoms with E-state index in [1.54, 1.807) is 11.0 Å². The average Bonchev–Trinajstić information content (AvgIpc) is 3.40. The van der Waals surface area contributed by atoms with Gasteiger partial charge >= 0.3 is 0 Å². The first kappa shape index (κ1) is 26.7. The van der Waals surface area contributed by atoms with E-state index in [1.807, 2.05) is 43.3 Å². The van der Waals surface area contributed by atoms with Crippen LogP contribution in [-0.2, 0) is 16.0 Å². The van der Waals surface area contributed by atoms with Crippen molar-refractivity contribution in [1.82, 2.24) is 9.80 Å². The number of carbonyl (C=O) groups is 2. The molecular formula is C30H38N2O5. The molecule has 2 atom stereocenters. The number of benzene rings is 2. The molecule has 0 bridgehead atoms. The maximum Gasteiger partial charge on any atom is 0.295 e. The molecule has 2 aliphatic rings. The van der Waals surface area contributed by atoms with Crippen molar-refractivity contribution in [2.75, 3.05) is 32.8 Å². The number of ether oxygens (including phenoxy) is 2. The number of ketones is 1. The minimum atomic E-state index is -0.700. The molecule has 1 N–H and O–H groups in total. The number of likely N-dealkylation sites (N-methyl/N-ethyl adjacent to an activating group) is 1. The summed E-state index contributed by atoms with van der Waals surface area (Å²) in [6, 6.07) is 12.2. The molecule has 1 amide bonds. The number of nitrogens with zero attached hydrogens (tertiary/aromatic N) is 2. The lowest BCUT2D eigenvalue weighted by Gasteiger charge is -2.28. The van der Waals surface area contributed by atoms with Gasteiger partial charge in [0.25, 0.3) is 11.7 Å². The highest BCUT2D eigenvalue weighted by Gasteiger charge is 2.46. The molecule has 2 aromatic carbocycles. The lowest BCUT2D eigenvalue weighted by atomic mass is 9.94. The molecule has 1 fully saturated rings. The Bertz CT molecular complexity index is 1170. The zero-order valence-electron chi connectivity index (χ0n) is 22.3. The highest BCUT2D eigenvalue weighted by Crippen LogP contribution is 2.41. The fourth-order valence-corrected chi connectivity index (χ4v) is 5.08. The molecule has 7 heteroatoms. The molecule has 2 aliphatic heterocycles. The van der Waals surface area contributed by atoms with Gasteiger partial charge in [0, 0.05) is 25.1 Å². The van der Waals surface area contributed by atoms with Crippen LogP contribution in [0.4, 0.5) is 0 Å². The fraction of sp³-hybridized carbons (Fsp3) is 0.467. The second kappa shape index (κ2) is 11.8. The van der Waals surface area contributed by atoms with Crippen LogP contribution < -0.4 is 9.47 Å². The molecule has 198 valence electrons. The molecule has 0 aliphatic carbocycles. The third-order valence-electron chi connectivity index (χ3n) is 7.20. The van der Waals surface area contributed by atoms with Gasteiger partial charge in [0.1, 0.15) is 23.4 Å². The number of aliphatic hydroxyl groups excluding tert-OH is 1. The molecule has 4 rings (SSSR count). The first-order chi connectivity index (χ1) is 17.9. The zero-order valence-corrected chi connectivity index (χ0v) is 22.3. The quantitative estimate of drug-likeness (QED) is 0.201. The van der Waals surface area contributed by atoms with Crippen LogP contribution >= 0.6 is 0 Å². The standard InChI is InChI=1S/C30H38N2O5/c1-5-8-16-36-24-11-9-10-21(19-24)27-26(29(34)30(35)32(27)15-14-31(6-2)7-3)28(33)22-12-13-25-23(18-22)17-20(4)37-25/h9-13,18-20,27,33H,5-8,14-17H2,1-4H3/t20-,27-/m0/s1. The number of carbonyl (C=O) groups excluding carboxylic acids is 2. The minimum Gasteiger partial charge on any atom is -0.507 e. The fourth-order valence-electron chi connectivity index (χ4n) is 5.08. The Kier molecular flexibility index (Phi) is 8.54. The van der Waals surface area contributed by atoms with Crippen molar-refractivity contribution in [2.45, 2.75) is 59.1 Å². The van der Waals surface area contributed by atoms with Crippen molar-refractivity contribution in [2.24, 2.45) is 0 Å². The molecule has 0 unspecified atom stereocenters. The maximum absolute atomic E-state index is 13.4. The maximum atomic E-state index is 13.4. The topological polar surface area (TPSA) is 79.3 Å². The molecule has 0 radical (unpaired) electrons. The second-order valence-corrected chi connectivity index (χ2v) is 9.75. The van der Waals surface area contributed by atoms with Crippen LogP contribution in [0.2, 0.25) is 0 Å². The SMILES string of the molecule is CCCCOc1cccc([C@H]2C(=C(O)c3ccc4c(c3)C[C@H](C)O4)C(=O)C(=O)N2CCN(CC)CC)c1. The number of hydrogen-bond donors (Lipinski definition) is 1. The van der Waals surface area contributed by atoms with Crippen LogP contribution in [0.25, 0.3) is 5.76 Å². The van der Waals surface area contributed by atoms with Crippen LogP contribution in [0.15, 0.2) is 48.0 Å². The van der Waals surface area contributed by atoms with Crippen molar-refractivity contribution in [1.29, 1.82) is 0 Å². The van der Waals surface area contributed by atoms with E-state index in [9.17, 15) is 14.7 Å². The first-order valence-electron chi connectivity index (χ1n) is 13.4. The Balaban J connectivity index is 1.76. The third kappa shape index (κ3) is 5.67. The summed E-state index contributed by atoms with van der Waals surface area (Å²) in [6.07, 6.45) is 2.76. The van der Waals surface area contributed by atoms with Crippen molar-refractivity contribution < 1.29 is 24.2 Å². The highest BCUT2D eigenvalue weighted by molar-refractivity contribution is 6.46. The van der Waals surface area contributed by atoms with E-state index in [-0.39, 0.29) is 17.4 Å². The van der Waals surface area contributed by atoms with E-state index in [1.165, 1.54) is 0 Å². The van der Waals surface area contributed by atoms with Gasteiger partial charge in [-0.1, -0.05) is 39.3 Å². The van der Waals surface area contributed by atoms with Crippen LogP contribution in [0.3, 0.4) is 0 Å².